The molecule has 98 valence electrons. The van der Waals surface area contributed by atoms with E-state index in [4.69, 9.17) is 24.7 Å². The summed E-state index contributed by atoms with van der Waals surface area (Å²) >= 11 is 0. The van der Waals surface area contributed by atoms with Gasteiger partial charge in [-0.05, 0) is 7.05 Å². The van der Waals surface area contributed by atoms with E-state index in [2.05, 4.69) is 5.32 Å². The molecule has 11 heteroatoms. The van der Waals surface area contributed by atoms with Gasteiger partial charge in [0, 0.05) is 13.2 Å². The highest BCUT2D eigenvalue weighted by Gasteiger charge is 2.27. The van der Waals surface area contributed by atoms with Crippen LogP contribution in [0.4, 0.5) is 0 Å². The fraction of sp³-hybridized carbons (Fsp3) is 1.00. The van der Waals surface area contributed by atoms with Crippen LogP contribution >= 0.6 is 15.2 Å². The topological polar surface area (TPSA) is 151 Å². The van der Waals surface area contributed by atoms with Crippen LogP contribution in [0.15, 0.2) is 0 Å². The first-order valence-electron chi connectivity index (χ1n) is 4.19. The van der Waals surface area contributed by atoms with Crippen LogP contribution in [-0.4, -0.2) is 62.0 Å². The summed E-state index contributed by atoms with van der Waals surface area (Å²) in [4.78, 5) is 35.4. The van der Waals surface area contributed by atoms with E-state index in [0.717, 1.165) is 0 Å². The molecule has 16 heavy (non-hydrogen) atoms. The predicted molar refractivity (Wildman–Crippen MR) is 55.6 cm³/mol. The van der Waals surface area contributed by atoms with Gasteiger partial charge in [0.1, 0.15) is 0 Å². The van der Waals surface area contributed by atoms with Crippen LogP contribution in [0.3, 0.4) is 0 Å². The van der Waals surface area contributed by atoms with Crippen molar-refractivity contribution in [2.75, 3.05) is 26.5 Å². The van der Waals surface area contributed by atoms with Crippen molar-refractivity contribution in [2.24, 2.45) is 0 Å². The number of aliphatic hydroxyl groups excluding tert-OH is 1. The van der Waals surface area contributed by atoms with E-state index < -0.39 is 27.3 Å². The average molecular weight is 278 g/mol. The zero-order chi connectivity index (χ0) is 13.0. The summed E-state index contributed by atoms with van der Waals surface area (Å²) in [6.45, 7) is -0.319. The highest BCUT2D eigenvalue weighted by Crippen LogP contribution is 2.39. The first-order valence-corrected chi connectivity index (χ1v) is 7.67. The molecule has 9 nitrogen and oxygen atoms in total. The fourth-order valence-electron chi connectivity index (χ4n) is 0.836. The van der Waals surface area contributed by atoms with Gasteiger partial charge in [0.2, 0.25) is 0 Å². The second kappa shape index (κ2) is 6.20. The Labute approximate surface area is 92.4 Å². The smallest absolute Gasteiger partial charge is 0.355 e. The zero-order valence-electron chi connectivity index (χ0n) is 8.59. The Hall–Kier alpha value is 0.180. The third-order valence-electron chi connectivity index (χ3n) is 1.56. The average Bonchev–Trinajstić information content (AvgIpc) is 1.99. The van der Waals surface area contributed by atoms with Gasteiger partial charge in [-0.25, -0.2) is 0 Å². The fourth-order valence-corrected chi connectivity index (χ4v) is 1.72. The van der Waals surface area contributed by atoms with Crippen LogP contribution in [-0.2, 0) is 9.13 Å². The second-order valence-corrected chi connectivity index (χ2v) is 6.76. The van der Waals surface area contributed by atoms with Gasteiger partial charge in [0.25, 0.3) is 0 Å². The highest BCUT2D eigenvalue weighted by molar-refractivity contribution is 7.52. The molecular weight excluding hydrogens is 262 g/mol. The molecule has 0 saturated carbocycles. The molecule has 0 aromatic rings. The molecule has 0 aliphatic carbocycles. The van der Waals surface area contributed by atoms with Crippen LogP contribution in [0.5, 0.6) is 0 Å². The molecule has 0 radical (unpaired) electrons. The minimum atomic E-state index is -4.54. The molecule has 1 atom stereocenters. The van der Waals surface area contributed by atoms with Crippen LogP contribution in [0, 0.1) is 0 Å². The summed E-state index contributed by atoms with van der Waals surface area (Å²) < 4.78 is 21.0. The molecule has 0 aliphatic rings. The van der Waals surface area contributed by atoms with E-state index >= 15 is 0 Å². The lowest BCUT2D eigenvalue weighted by molar-refractivity contribution is 0.152. The summed E-state index contributed by atoms with van der Waals surface area (Å²) in [7, 11) is -7.25. The SMILES string of the molecule is CN(CNCP(=O)(O)O)CC(O)P(=O)(O)O. The monoisotopic (exact) mass is 278 g/mol. The molecule has 0 saturated heterocycles. The van der Waals surface area contributed by atoms with Gasteiger partial charge in [-0.15, -0.1) is 0 Å². The molecule has 0 aromatic heterocycles. The number of rotatable bonds is 7. The van der Waals surface area contributed by atoms with Crippen LogP contribution in [0.1, 0.15) is 0 Å². The maximum Gasteiger partial charge on any atom is 0.355 e. The Morgan fingerprint density at radius 3 is 2.12 bits per heavy atom. The van der Waals surface area contributed by atoms with E-state index in [-0.39, 0.29) is 13.2 Å². The summed E-state index contributed by atoms with van der Waals surface area (Å²) in [6.07, 6.45) is -0.538. The molecule has 0 aliphatic heterocycles. The molecule has 0 aromatic carbocycles. The Bertz CT molecular complexity index is 299. The first kappa shape index (κ1) is 16.2. The Balaban J connectivity index is 3.88. The molecule has 6 N–H and O–H groups in total. The van der Waals surface area contributed by atoms with E-state index in [1.54, 1.807) is 0 Å². The summed E-state index contributed by atoms with van der Waals surface area (Å²) in [5.41, 5.74) is 0. The summed E-state index contributed by atoms with van der Waals surface area (Å²) in [5.74, 6) is -1.81. The molecule has 0 heterocycles. The summed E-state index contributed by atoms with van der Waals surface area (Å²) in [6, 6.07) is 0. The van der Waals surface area contributed by atoms with Gasteiger partial charge >= 0.3 is 15.2 Å². The van der Waals surface area contributed by atoms with Crippen LogP contribution in [0.25, 0.3) is 0 Å². The Morgan fingerprint density at radius 1 is 1.25 bits per heavy atom. The van der Waals surface area contributed by atoms with Gasteiger partial charge < -0.3 is 24.7 Å². The van der Waals surface area contributed by atoms with Gasteiger partial charge in [0.15, 0.2) is 5.85 Å². The molecular formula is C5H16N2O7P2. The van der Waals surface area contributed by atoms with Gasteiger partial charge in [-0.3, -0.25) is 19.3 Å². The minimum absolute atomic E-state index is 0.0117. The van der Waals surface area contributed by atoms with Crippen molar-refractivity contribution in [1.29, 1.82) is 0 Å². The standard InChI is InChI=1S/C5H16N2O7P2/c1-7(2-5(8)16(12,13)14)3-6-4-15(9,10)11/h5-6,8H,2-4H2,1H3,(H2,9,10,11)(H2,12,13,14). The van der Waals surface area contributed by atoms with Crippen molar-refractivity contribution >= 4 is 15.2 Å². The normalized spacial score (nSPS) is 15.4. The largest absolute Gasteiger partial charge is 0.379 e. The third kappa shape index (κ3) is 8.35. The van der Waals surface area contributed by atoms with E-state index in [1.807, 2.05) is 0 Å². The maximum atomic E-state index is 10.6. The van der Waals surface area contributed by atoms with Crippen LogP contribution < -0.4 is 5.32 Å². The number of nitrogens with one attached hydrogen (secondary N) is 1. The highest BCUT2D eigenvalue weighted by atomic mass is 31.2. The van der Waals surface area contributed by atoms with Crippen molar-refractivity contribution < 1.29 is 33.8 Å². The van der Waals surface area contributed by atoms with Crippen molar-refractivity contribution in [1.82, 2.24) is 10.2 Å². The molecule has 1 unspecified atom stereocenters. The number of nitrogens with zero attached hydrogens (tertiary/aromatic N) is 1. The predicted octanol–water partition coefficient (Wildman–Crippen LogP) is -1.90. The van der Waals surface area contributed by atoms with Crippen molar-refractivity contribution in [3.05, 3.63) is 0 Å². The molecule has 0 spiro atoms. The van der Waals surface area contributed by atoms with Crippen molar-refractivity contribution in [3.8, 4) is 0 Å². The second-order valence-electron chi connectivity index (χ2n) is 3.34. The lowest BCUT2D eigenvalue weighted by Crippen LogP contribution is -2.36. The summed E-state index contributed by atoms with van der Waals surface area (Å²) in [5, 5.41) is 11.4. The zero-order valence-corrected chi connectivity index (χ0v) is 10.4. The lowest BCUT2D eigenvalue weighted by atomic mass is 10.6. The minimum Gasteiger partial charge on any atom is -0.379 e. The molecule has 0 fully saturated rings. The Morgan fingerprint density at radius 2 is 1.75 bits per heavy atom. The number of likely N-dealkylation sites (N-methyl/N-ethyl adjacent to an activating group) is 1. The number of hydrogen-bond acceptors (Lipinski definition) is 5. The van der Waals surface area contributed by atoms with Gasteiger partial charge in [-0.1, -0.05) is 0 Å². The van der Waals surface area contributed by atoms with E-state index in [0.29, 0.717) is 0 Å². The Kier molecular flexibility index (Phi) is 6.27. The van der Waals surface area contributed by atoms with E-state index in [1.165, 1.54) is 11.9 Å². The van der Waals surface area contributed by atoms with Crippen molar-refractivity contribution in [2.45, 2.75) is 5.85 Å². The molecule has 0 rings (SSSR count). The third-order valence-corrected chi connectivity index (χ3v) is 3.14. The van der Waals surface area contributed by atoms with Crippen molar-refractivity contribution in [3.63, 3.8) is 0 Å². The number of aliphatic hydroxyl groups is 1. The van der Waals surface area contributed by atoms with E-state index in [9.17, 15) is 9.13 Å². The molecule has 0 amide bonds. The first-order chi connectivity index (χ1) is 7.02. The lowest BCUT2D eigenvalue weighted by Gasteiger charge is -2.21. The van der Waals surface area contributed by atoms with Crippen LogP contribution in [0.2, 0.25) is 0 Å². The number of hydrogen-bond donors (Lipinski definition) is 6. The van der Waals surface area contributed by atoms with Gasteiger partial charge in [0.05, 0.1) is 6.29 Å². The molecule has 0 bridgehead atoms. The maximum absolute atomic E-state index is 10.6. The quantitative estimate of drug-likeness (QED) is 0.231. The van der Waals surface area contributed by atoms with Gasteiger partial charge in [-0.2, -0.15) is 0 Å².